The Hall–Kier alpha value is -0.990. The van der Waals surface area contributed by atoms with E-state index >= 15 is 0 Å². The van der Waals surface area contributed by atoms with E-state index in [1.807, 2.05) is 25.2 Å². The number of nitrogens with one attached hydrogen (secondary N) is 1. The van der Waals surface area contributed by atoms with Gasteiger partial charge < -0.3 is 5.32 Å². The second-order valence-electron chi connectivity index (χ2n) is 3.32. The van der Waals surface area contributed by atoms with E-state index in [2.05, 4.69) is 23.5 Å². The molecule has 2 rings (SSSR count). The van der Waals surface area contributed by atoms with Crippen LogP contribution in [-0.2, 0) is 6.42 Å². The highest BCUT2D eigenvalue weighted by Gasteiger charge is 2.00. The van der Waals surface area contributed by atoms with Crippen molar-refractivity contribution in [1.82, 2.24) is 0 Å². The summed E-state index contributed by atoms with van der Waals surface area (Å²) in [6.45, 7) is 0. The molecular formula is C12H12ClNS. The summed E-state index contributed by atoms with van der Waals surface area (Å²) in [6.07, 6.45) is 0.951. The Labute approximate surface area is 98.7 Å². The molecule has 0 saturated carbocycles. The largest absolute Gasteiger partial charge is 0.380 e. The fourth-order valence-corrected chi connectivity index (χ4v) is 2.56. The Morgan fingerprint density at radius 3 is 2.80 bits per heavy atom. The predicted octanol–water partition coefficient (Wildman–Crippen LogP) is 4.03. The van der Waals surface area contributed by atoms with Gasteiger partial charge in [-0.05, 0) is 29.8 Å². The molecule has 1 aromatic carbocycles. The first-order chi connectivity index (χ1) is 7.28. The first-order valence-corrected chi connectivity index (χ1v) is 5.98. The Balaban J connectivity index is 2.14. The molecule has 15 heavy (non-hydrogen) atoms. The van der Waals surface area contributed by atoms with Crippen LogP contribution in [0, 0.1) is 0 Å². The quantitative estimate of drug-likeness (QED) is 0.850. The van der Waals surface area contributed by atoms with E-state index in [0.29, 0.717) is 0 Å². The molecule has 0 saturated heterocycles. The summed E-state index contributed by atoms with van der Waals surface area (Å²) in [7, 11) is 1.94. The lowest BCUT2D eigenvalue weighted by Gasteiger charge is -1.99. The molecule has 0 aliphatic rings. The third-order valence-corrected chi connectivity index (χ3v) is 3.51. The van der Waals surface area contributed by atoms with Crippen molar-refractivity contribution < 1.29 is 0 Å². The zero-order valence-corrected chi connectivity index (χ0v) is 10.0. The summed E-state index contributed by atoms with van der Waals surface area (Å²) in [6, 6.07) is 12.3. The van der Waals surface area contributed by atoms with Gasteiger partial charge in [-0.15, -0.1) is 11.3 Å². The molecule has 3 heteroatoms. The van der Waals surface area contributed by atoms with Crippen LogP contribution in [0.1, 0.15) is 10.4 Å². The maximum atomic E-state index is 5.93. The number of anilines is 1. The molecule has 0 radical (unpaired) electrons. The van der Waals surface area contributed by atoms with Crippen molar-refractivity contribution >= 4 is 27.9 Å². The Morgan fingerprint density at radius 1 is 1.27 bits per heavy atom. The van der Waals surface area contributed by atoms with Gasteiger partial charge in [0.1, 0.15) is 0 Å². The monoisotopic (exact) mass is 237 g/mol. The molecule has 0 aliphatic heterocycles. The Kier molecular flexibility index (Phi) is 3.29. The zero-order chi connectivity index (χ0) is 10.7. The van der Waals surface area contributed by atoms with Crippen molar-refractivity contribution in [2.75, 3.05) is 12.4 Å². The highest BCUT2D eigenvalue weighted by Crippen LogP contribution is 2.24. The van der Waals surface area contributed by atoms with Crippen LogP contribution < -0.4 is 5.32 Å². The predicted molar refractivity (Wildman–Crippen MR) is 68.1 cm³/mol. The fourth-order valence-electron chi connectivity index (χ4n) is 1.46. The lowest BCUT2D eigenvalue weighted by atomic mass is 10.1. The van der Waals surface area contributed by atoms with Gasteiger partial charge in [-0.2, -0.15) is 0 Å². The van der Waals surface area contributed by atoms with E-state index < -0.39 is 0 Å². The van der Waals surface area contributed by atoms with Crippen molar-refractivity contribution in [1.29, 1.82) is 0 Å². The van der Waals surface area contributed by atoms with Gasteiger partial charge in [0, 0.05) is 23.4 Å². The molecule has 0 bridgehead atoms. The lowest BCUT2D eigenvalue weighted by molar-refractivity contribution is 1.24. The maximum absolute atomic E-state index is 5.93. The molecule has 0 amide bonds. The van der Waals surface area contributed by atoms with Crippen LogP contribution in [0.25, 0.3) is 0 Å². The van der Waals surface area contributed by atoms with Gasteiger partial charge in [-0.3, -0.25) is 0 Å². The average molecular weight is 238 g/mol. The van der Waals surface area contributed by atoms with Crippen LogP contribution in [0.15, 0.2) is 36.4 Å². The third-order valence-electron chi connectivity index (χ3n) is 2.18. The van der Waals surface area contributed by atoms with Crippen LogP contribution in [-0.4, -0.2) is 7.05 Å². The van der Waals surface area contributed by atoms with E-state index in [1.165, 1.54) is 15.4 Å². The maximum Gasteiger partial charge on any atom is 0.0882 e. The Bertz CT molecular complexity index is 450. The molecule has 0 atom stereocenters. The van der Waals surface area contributed by atoms with Gasteiger partial charge in [0.05, 0.1) is 5.00 Å². The number of hydrogen-bond donors (Lipinski definition) is 1. The van der Waals surface area contributed by atoms with Crippen molar-refractivity contribution in [2.24, 2.45) is 0 Å². The zero-order valence-electron chi connectivity index (χ0n) is 8.46. The molecular weight excluding hydrogens is 226 g/mol. The molecule has 0 spiro atoms. The number of thiophene rings is 1. The van der Waals surface area contributed by atoms with Crippen LogP contribution in [0.3, 0.4) is 0 Å². The highest BCUT2D eigenvalue weighted by atomic mass is 35.5. The van der Waals surface area contributed by atoms with E-state index in [0.717, 1.165) is 11.4 Å². The van der Waals surface area contributed by atoms with Crippen molar-refractivity contribution in [3.63, 3.8) is 0 Å². The van der Waals surface area contributed by atoms with Gasteiger partial charge in [0.15, 0.2) is 0 Å². The molecule has 0 fully saturated rings. The van der Waals surface area contributed by atoms with Gasteiger partial charge in [0.25, 0.3) is 0 Å². The summed E-state index contributed by atoms with van der Waals surface area (Å²) in [5, 5.41) is 5.14. The molecule has 0 unspecified atom stereocenters. The van der Waals surface area contributed by atoms with Crippen LogP contribution in [0.5, 0.6) is 0 Å². The topological polar surface area (TPSA) is 12.0 Å². The van der Waals surface area contributed by atoms with E-state index in [1.54, 1.807) is 11.3 Å². The summed E-state index contributed by atoms with van der Waals surface area (Å²) in [4.78, 5) is 1.35. The Morgan fingerprint density at radius 2 is 2.13 bits per heavy atom. The van der Waals surface area contributed by atoms with Gasteiger partial charge in [0.2, 0.25) is 0 Å². The van der Waals surface area contributed by atoms with Crippen LogP contribution in [0.2, 0.25) is 5.02 Å². The summed E-state index contributed by atoms with van der Waals surface area (Å²) in [5.41, 5.74) is 1.26. The first kappa shape index (κ1) is 10.5. The molecule has 1 nitrogen and oxygen atoms in total. The molecule has 78 valence electrons. The molecule has 2 aromatic rings. The lowest BCUT2D eigenvalue weighted by Crippen LogP contribution is -1.83. The fraction of sp³-hybridized carbons (Fsp3) is 0.167. The average Bonchev–Trinajstić information content (AvgIpc) is 2.65. The molecule has 1 heterocycles. The van der Waals surface area contributed by atoms with Gasteiger partial charge in [-0.1, -0.05) is 23.7 Å². The molecule has 1 N–H and O–H groups in total. The van der Waals surface area contributed by atoms with Crippen LogP contribution >= 0.6 is 22.9 Å². The molecule has 0 aliphatic carbocycles. The number of hydrogen-bond acceptors (Lipinski definition) is 2. The summed E-state index contributed by atoms with van der Waals surface area (Å²) in [5.74, 6) is 0. The first-order valence-electron chi connectivity index (χ1n) is 4.79. The number of halogens is 1. The van der Waals surface area contributed by atoms with Crippen molar-refractivity contribution in [3.05, 3.63) is 51.9 Å². The van der Waals surface area contributed by atoms with Crippen molar-refractivity contribution in [3.8, 4) is 0 Å². The minimum atomic E-state index is 0.804. The van der Waals surface area contributed by atoms with Gasteiger partial charge >= 0.3 is 0 Å². The minimum absolute atomic E-state index is 0.804. The molecule has 1 aromatic heterocycles. The highest BCUT2D eigenvalue weighted by molar-refractivity contribution is 7.16. The van der Waals surface area contributed by atoms with Gasteiger partial charge in [-0.25, -0.2) is 0 Å². The SMILES string of the molecule is CNc1ccc(Cc2cccc(Cl)c2)s1. The van der Waals surface area contributed by atoms with E-state index in [4.69, 9.17) is 11.6 Å². The smallest absolute Gasteiger partial charge is 0.0882 e. The number of rotatable bonds is 3. The minimum Gasteiger partial charge on any atom is -0.380 e. The standard InChI is InChI=1S/C12H12ClNS/c1-14-12-6-5-11(15-12)8-9-3-2-4-10(13)7-9/h2-7,14H,8H2,1H3. The van der Waals surface area contributed by atoms with E-state index in [9.17, 15) is 0 Å². The second-order valence-corrected chi connectivity index (χ2v) is 4.93. The van der Waals surface area contributed by atoms with Crippen molar-refractivity contribution in [2.45, 2.75) is 6.42 Å². The van der Waals surface area contributed by atoms with E-state index in [-0.39, 0.29) is 0 Å². The third kappa shape index (κ3) is 2.74. The normalized spacial score (nSPS) is 10.3. The number of benzene rings is 1. The second kappa shape index (κ2) is 4.69. The summed E-state index contributed by atoms with van der Waals surface area (Å²) >= 11 is 7.71. The summed E-state index contributed by atoms with van der Waals surface area (Å²) < 4.78 is 0. The van der Waals surface area contributed by atoms with Crippen LogP contribution in [0.4, 0.5) is 5.00 Å².